The fraction of sp³-hybridized carbons (Fsp3) is 0.136. The summed E-state index contributed by atoms with van der Waals surface area (Å²) in [5.41, 5.74) is 3.76. The summed E-state index contributed by atoms with van der Waals surface area (Å²) in [6.45, 7) is 1.89. The van der Waals surface area contributed by atoms with Gasteiger partial charge in [-0.1, -0.05) is 36.0 Å². The number of aromatic nitrogens is 2. The molecule has 0 bridgehead atoms. The number of amides is 1. The number of carbonyl (C=O) groups is 1. The molecule has 30 heavy (non-hydrogen) atoms. The Morgan fingerprint density at radius 2 is 1.83 bits per heavy atom. The van der Waals surface area contributed by atoms with E-state index in [1.807, 2.05) is 43.3 Å². The maximum atomic E-state index is 13.1. The van der Waals surface area contributed by atoms with E-state index < -0.39 is 0 Å². The molecule has 0 fully saturated rings. The van der Waals surface area contributed by atoms with Crippen molar-refractivity contribution in [3.63, 3.8) is 0 Å². The summed E-state index contributed by atoms with van der Waals surface area (Å²) >= 11 is 2.81. The second kappa shape index (κ2) is 9.32. The molecule has 0 unspecified atom stereocenters. The molecule has 1 amide bonds. The van der Waals surface area contributed by atoms with Crippen LogP contribution in [0.1, 0.15) is 11.3 Å². The molecule has 0 saturated carbocycles. The molecule has 152 valence electrons. The van der Waals surface area contributed by atoms with Gasteiger partial charge in [0.25, 0.3) is 5.22 Å². The Kier molecular flexibility index (Phi) is 6.35. The lowest BCUT2D eigenvalue weighted by molar-refractivity contribution is -0.113. The van der Waals surface area contributed by atoms with Crippen LogP contribution in [0.3, 0.4) is 0 Å². The zero-order valence-corrected chi connectivity index (χ0v) is 17.7. The number of fused-ring (bicyclic) bond motifs is 1. The van der Waals surface area contributed by atoms with Crippen molar-refractivity contribution in [1.29, 1.82) is 0 Å². The molecule has 0 saturated heterocycles. The lowest BCUT2D eigenvalue weighted by atomic mass is 10.2. The Bertz CT molecular complexity index is 1180. The van der Waals surface area contributed by atoms with Gasteiger partial charge in [-0.3, -0.25) is 4.79 Å². The number of nitrogens with one attached hydrogen (secondary N) is 1. The minimum atomic E-state index is -0.251. The molecule has 5 nitrogen and oxygen atoms in total. The van der Waals surface area contributed by atoms with E-state index in [1.54, 1.807) is 23.9 Å². The van der Waals surface area contributed by atoms with Gasteiger partial charge in [0.2, 0.25) is 5.91 Å². The maximum Gasteiger partial charge on any atom is 0.258 e. The predicted octanol–water partition coefficient (Wildman–Crippen LogP) is 5.69. The largest absolute Gasteiger partial charge is 0.430 e. The molecule has 0 atom stereocenters. The van der Waals surface area contributed by atoms with Crippen molar-refractivity contribution in [2.45, 2.75) is 22.8 Å². The fourth-order valence-corrected chi connectivity index (χ4v) is 4.30. The van der Waals surface area contributed by atoms with Crippen LogP contribution >= 0.6 is 23.5 Å². The molecule has 0 spiro atoms. The Morgan fingerprint density at radius 1 is 1.03 bits per heavy atom. The van der Waals surface area contributed by atoms with Crippen molar-refractivity contribution in [3.8, 4) is 0 Å². The van der Waals surface area contributed by atoms with Crippen LogP contribution in [0.4, 0.5) is 10.1 Å². The van der Waals surface area contributed by atoms with Gasteiger partial charge in [0.1, 0.15) is 5.82 Å². The van der Waals surface area contributed by atoms with Crippen molar-refractivity contribution in [2.24, 2.45) is 0 Å². The first-order valence-corrected chi connectivity index (χ1v) is 11.2. The zero-order valence-electron chi connectivity index (χ0n) is 16.1. The summed E-state index contributed by atoms with van der Waals surface area (Å²) in [5.74, 6) is 0.444. The lowest BCUT2D eigenvalue weighted by Gasteiger charge is -2.10. The number of halogens is 1. The highest BCUT2D eigenvalue weighted by Gasteiger charge is 2.12. The molecule has 0 radical (unpaired) electrons. The summed E-state index contributed by atoms with van der Waals surface area (Å²) in [6.07, 6.45) is 0. The third-order valence-corrected chi connectivity index (χ3v) is 6.14. The van der Waals surface area contributed by atoms with Crippen LogP contribution in [0.25, 0.3) is 11.2 Å². The van der Waals surface area contributed by atoms with Crippen LogP contribution in [-0.2, 0) is 10.5 Å². The molecular weight excluding hydrogens is 421 g/mol. The minimum absolute atomic E-state index is 0.152. The quantitative estimate of drug-likeness (QED) is 0.373. The Hall–Kier alpha value is -2.84. The molecule has 2 aromatic heterocycles. The maximum absolute atomic E-state index is 13.1. The number of pyridine rings is 1. The van der Waals surface area contributed by atoms with Crippen LogP contribution in [0, 0.1) is 12.7 Å². The van der Waals surface area contributed by atoms with E-state index in [1.165, 1.54) is 23.9 Å². The number of nitrogens with zero attached hydrogens (tertiary/aromatic N) is 2. The van der Waals surface area contributed by atoms with Crippen LogP contribution < -0.4 is 5.32 Å². The van der Waals surface area contributed by atoms with Crippen LogP contribution in [-0.4, -0.2) is 21.6 Å². The number of para-hydroxylation sites is 1. The number of thioether (sulfide) groups is 2. The summed E-state index contributed by atoms with van der Waals surface area (Å²) in [7, 11) is 0. The van der Waals surface area contributed by atoms with Gasteiger partial charge in [-0.05, 0) is 48.9 Å². The molecule has 0 aliphatic rings. The topological polar surface area (TPSA) is 68.0 Å². The number of hydrogen-bond acceptors (Lipinski definition) is 6. The zero-order chi connectivity index (χ0) is 20.9. The fourth-order valence-electron chi connectivity index (χ4n) is 2.71. The third kappa shape index (κ3) is 5.20. The molecule has 2 heterocycles. The summed E-state index contributed by atoms with van der Waals surface area (Å²) < 4.78 is 18.7. The van der Waals surface area contributed by atoms with E-state index in [0.29, 0.717) is 22.2 Å². The Labute approximate surface area is 181 Å². The van der Waals surface area contributed by atoms with Gasteiger partial charge in [0.05, 0.1) is 11.4 Å². The highest BCUT2D eigenvalue weighted by Crippen LogP contribution is 2.30. The second-order valence-electron chi connectivity index (χ2n) is 6.50. The van der Waals surface area contributed by atoms with Crippen molar-refractivity contribution < 1.29 is 13.6 Å². The Morgan fingerprint density at radius 3 is 2.67 bits per heavy atom. The SMILES string of the molecule is Cc1ccc2oc(SCC(=O)Nc3ccccc3SCc3ccc(F)cc3)nc2n1. The highest BCUT2D eigenvalue weighted by molar-refractivity contribution is 7.99. The predicted molar refractivity (Wildman–Crippen MR) is 118 cm³/mol. The molecule has 1 N–H and O–H groups in total. The van der Waals surface area contributed by atoms with Gasteiger partial charge in [0, 0.05) is 16.3 Å². The molecular formula is C22H18FN3O2S2. The first kappa shape index (κ1) is 20.4. The van der Waals surface area contributed by atoms with Gasteiger partial charge in [-0.2, -0.15) is 4.98 Å². The van der Waals surface area contributed by atoms with E-state index >= 15 is 0 Å². The van der Waals surface area contributed by atoms with E-state index in [-0.39, 0.29) is 17.5 Å². The average molecular weight is 440 g/mol. The van der Waals surface area contributed by atoms with E-state index in [0.717, 1.165) is 21.8 Å². The molecule has 0 aliphatic carbocycles. The van der Waals surface area contributed by atoms with Gasteiger partial charge in [-0.15, -0.1) is 11.8 Å². The van der Waals surface area contributed by atoms with Crippen molar-refractivity contribution in [2.75, 3.05) is 11.1 Å². The van der Waals surface area contributed by atoms with Crippen molar-refractivity contribution in [3.05, 3.63) is 77.7 Å². The summed E-state index contributed by atoms with van der Waals surface area (Å²) in [5, 5.41) is 3.36. The number of anilines is 1. The van der Waals surface area contributed by atoms with E-state index in [2.05, 4.69) is 15.3 Å². The minimum Gasteiger partial charge on any atom is -0.430 e. The smallest absolute Gasteiger partial charge is 0.258 e. The van der Waals surface area contributed by atoms with Gasteiger partial charge in [0.15, 0.2) is 11.2 Å². The average Bonchev–Trinajstić information content (AvgIpc) is 3.15. The Balaban J connectivity index is 1.36. The molecule has 4 rings (SSSR count). The number of rotatable bonds is 7. The first-order chi connectivity index (χ1) is 14.6. The van der Waals surface area contributed by atoms with Crippen molar-refractivity contribution in [1.82, 2.24) is 9.97 Å². The molecule has 0 aliphatic heterocycles. The third-order valence-electron chi connectivity index (χ3n) is 4.17. The second-order valence-corrected chi connectivity index (χ2v) is 8.45. The monoisotopic (exact) mass is 439 g/mol. The summed E-state index contributed by atoms with van der Waals surface area (Å²) in [6, 6.07) is 17.7. The van der Waals surface area contributed by atoms with Crippen LogP contribution in [0.5, 0.6) is 0 Å². The lowest BCUT2D eigenvalue weighted by Crippen LogP contribution is -2.14. The van der Waals surface area contributed by atoms with Crippen LogP contribution in [0.15, 0.2) is 75.2 Å². The summed E-state index contributed by atoms with van der Waals surface area (Å²) in [4.78, 5) is 22.0. The van der Waals surface area contributed by atoms with Crippen molar-refractivity contribution >= 4 is 46.3 Å². The van der Waals surface area contributed by atoms with Gasteiger partial charge >= 0.3 is 0 Å². The number of aryl methyl sites for hydroxylation is 1. The number of benzene rings is 2. The molecule has 4 aromatic rings. The van der Waals surface area contributed by atoms with E-state index in [4.69, 9.17) is 4.42 Å². The highest BCUT2D eigenvalue weighted by atomic mass is 32.2. The number of hydrogen-bond donors (Lipinski definition) is 1. The normalized spacial score (nSPS) is 11.0. The van der Waals surface area contributed by atoms with Gasteiger partial charge < -0.3 is 9.73 Å². The number of carbonyl (C=O) groups excluding carboxylic acids is 1. The van der Waals surface area contributed by atoms with Gasteiger partial charge in [-0.25, -0.2) is 9.37 Å². The van der Waals surface area contributed by atoms with E-state index in [9.17, 15) is 9.18 Å². The molecule has 2 aromatic carbocycles. The number of oxazole rings is 1. The standard InChI is InChI=1S/C22H18FN3O2S2/c1-14-6-11-18-21(24-14)26-22(28-18)30-13-20(27)25-17-4-2-3-5-19(17)29-12-15-7-9-16(23)10-8-15/h2-11H,12-13H2,1H3,(H,25,27). The molecule has 8 heteroatoms. The van der Waals surface area contributed by atoms with Crippen LogP contribution in [0.2, 0.25) is 0 Å². The first-order valence-electron chi connectivity index (χ1n) is 9.20.